The number of benzene rings is 3. The minimum Gasteiger partial charge on any atom is -0.481 e. The first-order valence-electron chi connectivity index (χ1n) is 13.3. The summed E-state index contributed by atoms with van der Waals surface area (Å²) in [6.45, 7) is 2.07. The first kappa shape index (κ1) is 29.9. The lowest BCUT2D eigenvalue weighted by atomic mass is 9.99. The minimum atomic E-state index is -1.04. The number of carboxylic acid groups (broad SMARTS) is 1. The van der Waals surface area contributed by atoms with Crippen molar-refractivity contribution in [2.45, 2.75) is 44.7 Å². The Bertz CT molecular complexity index is 1250. The van der Waals surface area contributed by atoms with E-state index in [1.807, 2.05) is 79.7 Å². The molecule has 9 nitrogen and oxygen atoms in total. The molecule has 3 aromatic carbocycles. The molecule has 0 saturated heterocycles. The number of nitrogens with one attached hydrogen (secondary N) is 4. The number of unbranched alkanes of at least 4 members (excludes halogenated alkanes) is 1. The Kier molecular flexibility index (Phi) is 11.7. The van der Waals surface area contributed by atoms with Crippen molar-refractivity contribution in [2.24, 2.45) is 0 Å². The molecule has 0 spiro atoms. The molecule has 5 N–H and O–H groups in total. The molecule has 0 aromatic heterocycles. The average Bonchev–Trinajstić information content (AvgIpc) is 2.96. The summed E-state index contributed by atoms with van der Waals surface area (Å²) in [7, 11) is 0. The highest BCUT2D eigenvalue weighted by Gasteiger charge is 2.19. The highest BCUT2D eigenvalue weighted by Crippen LogP contribution is 2.23. The Hall–Kier alpha value is -4.66. The molecule has 0 heterocycles. The topological polar surface area (TPSA) is 137 Å². The lowest BCUT2D eigenvalue weighted by Crippen LogP contribution is -2.39. The van der Waals surface area contributed by atoms with Gasteiger partial charge in [-0.15, -0.1) is 0 Å². The van der Waals surface area contributed by atoms with E-state index in [0.29, 0.717) is 24.9 Å². The summed E-state index contributed by atoms with van der Waals surface area (Å²) in [5, 5.41) is 20.2. The van der Waals surface area contributed by atoms with Gasteiger partial charge in [-0.05, 0) is 42.0 Å². The number of carbonyl (C=O) groups is 4. The second kappa shape index (κ2) is 15.7. The van der Waals surface area contributed by atoms with E-state index < -0.39 is 17.9 Å². The summed E-state index contributed by atoms with van der Waals surface area (Å²) in [6.07, 6.45) is 1.06. The molecule has 0 aliphatic heterocycles. The van der Waals surface area contributed by atoms with Gasteiger partial charge in [0.25, 0.3) is 0 Å². The zero-order valence-electron chi connectivity index (χ0n) is 22.6. The van der Waals surface area contributed by atoms with Gasteiger partial charge in [0.2, 0.25) is 11.8 Å². The van der Waals surface area contributed by atoms with Crippen LogP contribution in [0.3, 0.4) is 0 Å². The molecule has 0 fully saturated rings. The van der Waals surface area contributed by atoms with Crippen molar-refractivity contribution < 1.29 is 24.3 Å². The van der Waals surface area contributed by atoms with Crippen molar-refractivity contribution in [3.8, 4) is 11.1 Å². The number of aliphatic carboxylic acids is 1. The predicted molar refractivity (Wildman–Crippen MR) is 153 cm³/mol. The molecule has 2 atom stereocenters. The van der Waals surface area contributed by atoms with Gasteiger partial charge in [-0.1, -0.05) is 84.9 Å². The second-order valence-electron chi connectivity index (χ2n) is 9.47. The summed E-state index contributed by atoms with van der Waals surface area (Å²) in [4.78, 5) is 48.1. The Morgan fingerprint density at radius 1 is 0.700 bits per heavy atom. The molecule has 0 radical (unpaired) electrons. The fourth-order valence-electron chi connectivity index (χ4n) is 4.16. The van der Waals surface area contributed by atoms with E-state index in [4.69, 9.17) is 0 Å². The number of rotatable bonds is 14. The maximum absolute atomic E-state index is 12.5. The molecule has 0 aliphatic rings. The number of hydrogen-bond acceptors (Lipinski definition) is 4. The Balaban J connectivity index is 1.35. The van der Waals surface area contributed by atoms with Crippen molar-refractivity contribution in [1.82, 2.24) is 21.3 Å². The van der Waals surface area contributed by atoms with E-state index in [0.717, 1.165) is 16.7 Å². The molecule has 0 aliphatic carbocycles. The largest absolute Gasteiger partial charge is 0.481 e. The van der Waals surface area contributed by atoms with Crippen LogP contribution in [0.15, 0.2) is 84.9 Å². The molecule has 4 amide bonds. The highest BCUT2D eigenvalue weighted by atomic mass is 16.4. The lowest BCUT2D eigenvalue weighted by molar-refractivity contribution is -0.138. The van der Waals surface area contributed by atoms with Crippen LogP contribution >= 0.6 is 0 Å². The summed E-state index contributed by atoms with van der Waals surface area (Å²) in [6, 6.07) is 25.6. The number of carboxylic acids is 1. The van der Waals surface area contributed by atoms with Gasteiger partial charge < -0.3 is 26.4 Å². The lowest BCUT2D eigenvalue weighted by Gasteiger charge is -2.18. The first-order chi connectivity index (χ1) is 19.3. The molecule has 0 bridgehead atoms. The van der Waals surface area contributed by atoms with Gasteiger partial charge in [0.15, 0.2) is 0 Å². The Morgan fingerprint density at radius 3 is 1.98 bits per heavy atom. The first-order valence-corrected chi connectivity index (χ1v) is 13.3. The van der Waals surface area contributed by atoms with Crippen molar-refractivity contribution in [1.29, 1.82) is 0 Å². The molecule has 210 valence electrons. The van der Waals surface area contributed by atoms with Crippen LogP contribution in [0, 0.1) is 0 Å². The predicted octanol–water partition coefficient (Wildman–Crippen LogP) is 4.33. The molecule has 1 unspecified atom stereocenters. The van der Waals surface area contributed by atoms with Crippen LogP contribution in [0.1, 0.15) is 55.8 Å². The van der Waals surface area contributed by atoms with Gasteiger partial charge in [-0.2, -0.15) is 0 Å². The molecular formula is C31H36N4O5. The monoisotopic (exact) mass is 544 g/mol. The van der Waals surface area contributed by atoms with Crippen LogP contribution in [-0.2, 0) is 14.4 Å². The molecule has 0 saturated carbocycles. The van der Waals surface area contributed by atoms with E-state index in [1.165, 1.54) is 0 Å². The quantitative estimate of drug-likeness (QED) is 0.192. The van der Waals surface area contributed by atoms with Crippen LogP contribution in [0.5, 0.6) is 0 Å². The van der Waals surface area contributed by atoms with Crippen LogP contribution in [0.2, 0.25) is 0 Å². The van der Waals surface area contributed by atoms with Gasteiger partial charge >= 0.3 is 12.0 Å². The van der Waals surface area contributed by atoms with Crippen LogP contribution in [0.4, 0.5) is 4.79 Å². The molecule has 3 aromatic rings. The van der Waals surface area contributed by atoms with E-state index in [-0.39, 0.29) is 37.4 Å². The van der Waals surface area contributed by atoms with Crippen LogP contribution < -0.4 is 21.3 Å². The zero-order chi connectivity index (χ0) is 28.7. The molecular weight excluding hydrogens is 508 g/mol. The number of urea groups is 1. The van der Waals surface area contributed by atoms with E-state index in [1.54, 1.807) is 12.1 Å². The van der Waals surface area contributed by atoms with Crippen molar-refractivity contribution >= 4 is 23.8 Å². The number of amides is 4. The summed E-state index contributed by atoms with van der Waals surface area (Å²) in [5.41, 5.74) is 3.69. The highest BCUT2D eigenvalue weighted by molar-refractivity contribution is 5.85. The fraction of sp³-hybridized carbons (Fsp3) is 0.290. The summed E-state index contributed by atoms with van der Waals surface area (Å²) in [5.74, 6) is -1.81. The Morgan fingerprint density at radius 2 is 1.32 bits per heavy atom. The van der Waals surface area contributed by atoms with E-state index >= 15 is 0 Å². The average molecular weight is 545 g/mol. The SMILES string of the molecule is C[C@H](NC(=O)NCCCCC(=O)NCC(=O)NC(CC(=O)O)c1ccc(-c2ccccc2)cc1)c1ccccc1. The summed E-state index contributed by atoms with van der Waals surface area (Å²) >= 11 is 0. The third-order valence-electron chi connectivity index (χ3n) is 6.34. The van der Waals surface area contributed by atoms with Crippen LogP contribution in [-0.4, -0.2) is 42.0 Å². The Labute approximate surface area is 234 Å². The third-order valence-corrected chi connectivity index (χ3v) is 6.34. The van der Waals surface area contributed by atoms with Crippen molar-refractivity contribution in [3.05, 3.63) is 96.1 Å². The van der Waals surface area contributed by atoms with Crippen molar-refractivity contribution in [2.75, 3.05) is 13.1 Å². The van der Waals surface area contributed by atoms with Gasteiger partial charge in [-0.25, -0.2) is 4.79 Å². The van der Waals surface area contributed by atoms with E-state index in [2.05, 4.69) is 21.3 Å². The van der Waals surface area contributed by atoms with E-state index in [9.17, 15) is 24.3 Å². The number of carbonyl (C=O) groups excluding carboxylic acids is 3. The maximum atomic E-state index is 12.5. The van der Waals surface area contributed by atoms with Gasteiger partial charge in [0.05, 0.1) is 25.0 Å². The normalized spacial score (nSPS) is 12.0. The molecule has 9 heteroatoms. The van der Waals surface area contributed by atoms with Gasteiger partial charge in [0.1, 0.15) is 0 Å². The maximum Gasteiger partial charge on any atom is 0.315 e. The minimum absolute atomic E-state index is 0.123. The second-order valence-corrected chi connectivity index (χ2v) is 9.47. The van der Waals surface area contributed by atoms with Gasteiger partial charge in [-0.3, -0.25) is 14.4 Å². The molecule has 40 heavy (non-hydrogen) atoms. The third kappa shape index (κ3) is 10.2. The van der Waals surface area contributed by atoms with Crippen LogP contribution in [0.25, 0.3) is 11.1 Å². The summed E-state index contributed by atoms with van der Waals surface area (Å²) < 4.78 is 0. The fourth-order valence-corrected chi connectivity index (χ4v) is 4.16. The van der Waals surface area contributed by atoms with Crippen molar-refractivity contribution in [3.63, 3.8) is 0 Å². The van der Waals surface area contributed by atoms with Gasteiger partial charge in [0, 0.05) is 13.0 Å². The zero-order valence-corrected chi connectivity index (χ0v) is 22.6. The molecule has 3 rings (SSSR count). The smallest absolute Gasteiger partial charge is 0.315 e. The standard InChI is InChI=1S/C31H36N4O5/c1-22(23-10-4-2-5-11-23)34-31(40)32-19-9-8-14-28(36)33-21-29(37)35-27(20-30(38)39)26-17-15-25(16-18-26)24-12-6-3-7-13-24/h2-7,10-13,15-18,22,27H,8-9,14,19-21H2,1H3,(H,33,36)(H,35,37)(H,38,39)(H2,32,34,40)/t22-,27?/m0/s1. The number of hydrogen-bond donors (Lipinski definition) is 5.